The van der Waals surface area contributed by atoms with Gasteiger partial charge in [0.2, 0.25) is 5.96 Å². The molecule has 1 aliphatic heterocycles. The fourth-order valence-corrected chi connectivity index (χ4v) is 3.06. The van der Waals surface area contributed by atoms with Crippen molar-refractivity contribution in [2.75, 3.05) is 13.1 Å². The quantitative estimate of drug-likeness (QED) is 0.310. The fraction of sp³-hybridized carbons (Fsp3) is 0.889. The van der Waals surface area contributed by atoms with E-state index in [2.05, 4.69) is 23.8 Å². The zero-order valence-electron chi connectivity index (χ0n) is 8.94. The molecular formula is C9H20N4S. The molecule has 1 atom stereocenters. The Labute approximate surface area is 90.1 Å². The van der Waals surface area contributed by atoms with Crippen molar-refractivity contribution >= 4 is 17.7 Å². The van der Waals surface area contributed by atoms with Crippen molar-refractivity contribution in [2.45, 2.75) is 37.2 Å². The van der Waals surface area contributed by atoms with E-state index in [0.717, 1.165) is 13.1 Å². The number of likely N-dealkylation sites (tertiary alicyclic amines) is 1. The Morgan fingerprint density at radius 2 is 2.29 bits per heavy atom. The summed E-state index contributed by atoms with van der Waals surface area (Å²) in [6.45, 7) is 6.42. The van der Waals surface area contributed by atoms with E-state index >= 15 is 0 Å². The van der Waals surface area contributed by atoms with Crippen LogP contribution in [0.2, 0.25) is 0 Å². The van der Waals surface area contributed by atoms with Crippen LogP contribution in [0.5, 0.6) is 0 Å². The van der Waals surface area contributed by atoms with Crippen LogP contribution in [0.4, 0.5) is 0 Å². The van der Waals surface area contributed by atoms with Crippen LogP contribution >= 0.6 is 11.8 Å². The summed E-state index contributed by atoms with van der Waals surface area (Å²) >= 11 is 2.01. The molecule has 0 aliphatic carbocycles. The van der Waals surface area contributed by atoms with Gasteiger partial charge in [-0.25, -0.2) is 0 Å². The summed E-state index contributed by atoms with van der Waals surface area (Å²) in [5.74, 6) is 5.64. The van der Waals surface area contributed by atoms with Crippen molar-refractivity contribution in [3.8, 4) is 0 Å². The van der Waals surface area contributed by atoms with Crippen LogP contribution in [-0.4, -0.2) is 34.4 Å². The first-order chi connectivity index (χ1) is 6.63. The highest BCUT2D eigenvalue weighted by atomic mass is 32.2. The molecule has 1 aliphatic rings. The highest BCUT2D eigenvalue weighted by Gasteiger charge is 2.22. The van der Waals surface area contributed by atoms with Crippen LogP contribution in [0.25, 0.3) is 0 Å². The van der Waals surface area contributed by atoms with Crippen molar-refractivity contribution in [3.63, 3.8) is 0 Å². The molecular weight excluding hydrogens is 196 g/mol. The van der Waals surface area contributed by atoms with Gasteiger partial charge in [0.25, 0.3) is 0 Å². The molecule has 14 heavy (non-hydrogen) atoms. The Balaban J connectivity index is 2.43. The first-order valence-electron chi connectivity index (χ1n) is 5.07. The number of thioether (sulfide) groups is 1. The molecule has 0 aromatic carbocycles. The molecule has 1 heterocycles. The minimum absolute atomic E-state index is 0.471. The van der Waals surface area contributed by atoms with Crippen LogP contribution in [0.3, 0.4) is 0 Å². The van der Waals surface area contributed by atoms with Gasteiger partial charge in [0.15, 0.2) is 0 Å². The van der Waals surface area contributed by atoms with Crippen LogP contribution < -0.4 is 11.6 Å². The zero-order valence-corrected chi connectivity index (χ0v) is 9.76. The van der Waals surface area contributed by atoms with Crippen molar-refractivity contribution in [1.82, 2.24) is 4.90 Å². The molecule has 1 unspecified atom stereocenters. The maximum atomic E-state index is 5.68. The van der Waals surface area contributed by atoms with Crippen molar-refractivity contribution in [3.05, 3.63) is 0 Å². The third-order valence-corrected chi connectivity index (χ3v) is 3.61. The van der Waals surface area contributed by atoms with Gasteiger partial charge >= 0.3 is 0 Å². The Morgan fingerprint density at radius 1 is 1.57 bits per heavy atom. The van der Waals surface area contributed by atoms with Gasteiger partial charge in [-0.3, -0.25) is 0 Å². The number of nitrogens with two attached hydrogens (primary N) is 2. The number of nitrogens with zero attached hydrogens (tertiary/aromatic N) is 2. The molecule has 4 N–H and O–H groups in total. The number of hydrogen-bond donors (Lipinski definition) is 2. The number of rotatable bonds is 2. The van der Waals surface area contributed by atoms with Gasteiger partial charge in [0.1, 0.15) is 0 Å². The van der Waals surface area contributed by atoms with E-state index < -0.39 is 0 Å². The lowest BCUT2D eigenvalue weighted by molar-refractivity contribution is 0.345. The molecule has 0 saturated carbocycles. The summed E-state index contributed by atoms with van der Waals surface area (Å²) in [6, 6.07) is 0. The summed E-state index contributed by atoms with van der Waals surface area (Å²) in [7, 11) is 0. The fourth-order valence-electron chi connectivity index (χ4n) is 1.72. The average Bonchev–Trinajstić information content (AvgIpc) is 2.16. The van der Waals surface area contributed by atoms with E-state index in [1.165, 1.54) is 12.8 Å². The molecule has 0 aromatic heterocycles. The van der Waals surface area contributed by atoms with Crippen molar-refractivity contribution in [2.24, 2.45) is 16.7 Å². The first-order valence-corrected chi connectivity index (χ1v) is 6.01. The lowest BCUT2D eigenvalue weighted by Crippen LogP contribution is -2.45. The second-order valence-electron chi connectivity index (χ2n) is 3.88. The van der Waals surface area contributed by atoms with Crippen LogP contribution in [-0.2, 0) is 0 Å². The van der Waals surface area contributed by atoms with Gasteiger partial charge in [0.05, 0.1) is 0 Å². The van der Waals surface area contributed by atoms with Gasteiger partial charge in [-0.1, -0.05) is 13.8 Å². The molecule has 0 bridgehead atoms. The number of piperidine rings is 1. The third kappa shape index (κ3) is 3.29. The Kier molecular flexibility index (Phi) is 4.38. The lowest BCUT2D eigenvalue weighted by Gasteiger charge is -2.33. The predicted molar refractivity (Wildman–Crippen MR) is 63.1 cm³/mol. The first kappa shape index (κ1) is 11.5. The van der Waals surface area contributed by atoms with E-state index in [0.29, 0.717) is 16.5 Å². The summed E-state index contributed by atoms with van der Waals surface area (Å²) in [6.07, 6.45) is 2.46. The minimum Gasteiger partial charge on any atom is -0.368 e. The zero-order chi connectivity index (χ0) is 10.6. The Bertz CT molecular complexity index is 205. The predicted octanol–water partition coefficient (Wildman–Crippen LogP) is 0.781. The maximum Gasteiger partial charge on any atom is 0.213 e. The van der Waals surface area contributed by atoms with E-state index in [9.17, 15) is 0 Å². The van der Waals surface area contributed by atoms with Gasteiger partial charge in [-0.2, -0.15) is 11.8 Å². The Morgan fingerprint density at radius 3 is 2.86 bits per heavy atom. The third-order valence-electron chi connectivity index (χ3n) is 2.30. The summed E-state index contributed by atoms with van der Waals surface area (Å²) in [5.41, 5.74) is 5.68. The molecule has 5 heteroatoms. The highest BCUT2D eigenvalue weighted by Crippen LogP contribution is 2.25. The molecule has 1 fully saturated rings. The molecule has 1 saturated heterocycles. The van der Waals surface area contributed by atoms with E-state index in [1.807, 2.05) is 11.8 Å². The van der Waals surface area contributed by atoms with Crippen LogP contribution in [0, 0.1) is 0 Å². The smallest absolute Gasteiger partial charge is 0.213 e. The molecule has 82 valence electrons. The van der Waals surface area contributed by atoms with Crippen molar-refractivity contribution < 1.29 is 0 Å². The van der Waals surface area contributed by atoms with E-state index in [1.54, 1.807) is 0 Å². The normalized spacial score (nSPS) is 24.4. The standard InChI is InChI=1S/C9H20N4S/c1-7(2)14-8-4-3-5-13(6-8)9(10)12-11/h7-8H,3-6,11H2,1-2H3,(H2,10,12). The summed E-state index contributed by atoms with van der Waals surface area (Å²) < 4.78 is 0. The molecule has 0 spiro atoms. The molecule has 0 amide bonds. The van der Waals surface area contributed by atoms with Crippen LogP contribution in [0.15, 0.2) is 5.10 Å². The highest BCUT2D eigenvalue weighted by molar-refractivity contribution is 8.00. The van der Waals surface area contributed by atoms with E-state index in [-0.39, 0.29) is 0 Å². The largest absolute Gasteiger partial charge is 0.368 e. The van der Waals surface area contributed by atoms with Crippen LogP contribution in [0.1, 0.15) is 26.7 Å². The van der Waals surface area contributed by atoms with E-state index in [4.69, 9.17) is 11.6 Å². The molecule has 1 rings (SSSR count). The topological polar surface area (TPSA) is 67.6 Å². The lowest BCUT2D eigenvalue weighted by atomic mass is 10.1. The molecule has 4 nitrogen and oxygen atoms in total. The second kappa shape index (κ2) is 5.34. The number of hydrogen-bond acceptors (Lipinski definition) is 3. The number of guanidine groups is 1. The maximum absolute atomic E-state index is 5.68. The Hall–Kier alpha value is -0.580. The van der Waals surface area contributed by atoms with Gasteiger partial charge < -0.3 is 16.5 Å². The van der Waals surface area contributed by atoms with Gasteiger partial charge in [-0.05, 0) is 18.1 Å². The SMILES string of the molecule is CC(C)SC1CCCN(/C(N)=N/N)C1. The van der Waals surface area contributed by atoms with Gasteiger partial charge in [-0.15, -0.1) is 5.10 Å². The minimum atomic E-state index is 0.471. The number of hydrazone groups is 1. The second-order valence-corrected chi connectivity index (χ2v) is 5.76. The monoisotopic (exact) mass is 216 g/mol. The summed E-state index contributed by atoms with van der Waals surface area (Å²) in [4.78, 5) is 2.07. The molecule has 0 aromatic rings. The summed E-state index contributed by atoms with van der Waals surface area (Å²) in [5, 5.41) is 4.88. The molecule has 0 radical (unpaired) electrons. The van der Waals surface area contributed by atoms with Gasteiger partial charge in [0, 0.05) is 18.3 Å². The van der Waals surface area contributed by atoms with Crippen molar-refractivity contribution in [1.29, 1.82) is 0 Å². The average molecular weight is 216 g/mol.